The summed E-state index contributed by atoms with van der Waals surface area (Å²) >= 11 is 0. The fourth-order valence-electron chi connectivity index (χ4n) is 1.53. The minimum absolute atomic E-state index is 0.0890. The topological polar surface area (TPSA) is 132 Å². The summed E-state index contributed by atoms with van der Waals surface area (Å²) < 4.78 is 0. The highest BCUT2D eigenvalue weighted by atomic mass is 16.6. The molecule has 0 aliphatic carbocycles. The number of hydrogen-bond donors (Lipinski definition) is 4. The monoisotopic (exact) mass is 251 g/mol. The van der Waals surface area contributed by atoms with E-state index in [-0.39, 0.29) is 11.4 Å². The third-order valence-corrected chi connectivity index (χ3v) is 2.43. The second kappa shape index (κ2) is 4.34. The fraction of sp³-hybridized carbons (Fsp3) is 0.100. The molecular formula is C10H9N3O5. The predicted molar refractivity (Wildman–Crippen MR) is 60.2 cm³/mol. The average Bonchev–Trinajstić information content (AvgIpc) is 2.67. The number of nitrogens with one attached hydrogen (secondary N) is 2. The summed E-state index contributed by atoms with van der Waals surface area (Å²) in [5.74, 6) is -0.467. The molecule has 0 bridgehead atoms. The molecule has 18 heavy (non-hydrogen) atoms. The lowest BCUT2D eigenvalue weighted by Gasteiger charge is -2.08. The Kier molecular flexibility index (Phi) is 2.86. The molecular weight excluding hydrogens is 242 g/mol. The van der Waals surface area contributed by atoms with Gasteiger partial charge in [0.15, 0.2) is 0 Å². The number of H-pyrrole nitrogens is 2. The average molecular weight is 251 g/mol. The standard InChI is InChI=1S/C10H9N3O5/c14-8(7-9(15)12-10(16)11-7)5-1-3-6(4-2-5)13(17)18/h1-4,8,14-15H,(H2,11,12,16). The number of nitrogens with zero attached hydrogens (tertiary/aromatic N) is 1. The molecule has 1 unspecified atom stereocenters. The number of aliphatic hydroxyl groups is 1. The first-order valence-corrected chi connectivity index (χ1v) is 4.92. The van der Waals surface area contributed by atoms with Crippen LogP contribution in [0.1, 0.15) is 17.4 Å². The molecule has 1 heterocycles. The minimum atomic E-state index is -1.27. The summed E-state index contributed by atoms with van der Waals surface area (Å²) in [5, 5.41) is 29.7. The Bertz CT molecular complexity index is 628. The maximum absolute atomic E-state index is 10.9. The van der Waals surface area contributed by atoms with E-state index in [0.29, 0.717) is 5.56 Å². The normalized spacial score (nSPS) is 12.3. The van der Waals surface area contributed by atoms with Crippen molar-refractivity contribution in [2.24, 2.45) is 0 Å². The highest BCUT2D eigenvalue weighted by Crippen LogP contribution is 2.26. The van der Waals surface area contributed by atoms with Crippen LogP contribution in [0.5, 0.6) is 5.88 Å². The predicted octanol–water partition coefficient (Wildman–Crippen LogP) is 0.398. The molecule has 1 atom stereocenters. The number of imidazole rings is 1. The van der Waals surface area contributed by atoms with Gasteiger partial charge in [-0.3, -0.25) is 15.1 Å². The number of hydrogen-bond acceptors (Lipinski definition) is 5. The molecule has 0 saturated heterocycles. The van der Waals surface area contributed by atoms with Crippen LogP contribution in [0.3, 0.4) is 0 Å². The highest BCUT2D eigenvalue weighted by molar-refractivity contribution is 5.37. The summed E-state index contributed by atoms with van der Waals surface area (Å²) in [6, 6.07) is 5.13. The molecule has 0 spiro atoms. The van der Waals surface area contributed by atoms with Crippen molar-refractivity contribution in [1.82, 2.24) is 9.97 Å². The van der Waals surface area contributed by atoms with Gasteiger partial charge in [-0.15, -0.1) is 0 Å². The molecule has 1 aromatic carbocycles. The first-order valence-electron chi connectivity index (χ1n) is 4.92. The number of aromatic amines is 2. The van der Waals surface area contributed by atoms with E-state index < -0.39 is 22.6 Å². The largest absolute Gasteiger partial charge is 0.493 e. The van der Waals surface area contributed by atoms with Crippen LogP contribution in [-0.4, -0.2) is 25.1 Å². The summed E-state index contributed by atoms with van der Waals surface area (Å²) in [4.78, 5) is 25.1. The van der Waals surface area contributed by atoms with Crippen molar-refractivity contribution >= 4 is 5.69 Å². The van der Waals surface area contributed by atoms with Gasteiger partial charge in [-0.2, -0.15) is 0 Å². The van der Waals surface area contributed by atoms with Crippen molar-refractivity contribution in [3.63, 3.8) is 0 Å². The summed E-state index contributed by atoms with van der Waals surface area (Å²) in [5.41, 5.74) is -0.541. The van der Waals surface area contributed by atoms with Crippen LogP contribution < -0.4 is 5.69 Å². The number of nitro groups is 1. The molecule has 4 N–H and O–H groups in total. The molecule has 8 nitrogen and oxygen atoms in total. The van der Waals surface area contributed by atoms with Gasteiger partial charge in [0.2, 0.25) is 5.88 Å². The van der Waals surface area contributed by atoms with Crippen LogP contribution in [0.25, 0.3) is 0 Å². The van der Waals surface area contributed by atoms with Gasteiger partial charge in [0, 0.05) is 12.1 Å². The molecule has 0 aliphatic rings. The highest BCUT2D eigenvalue weighted by Gasteiger charge is 2.18. The first-order chi connectivity index (χ1) is 8.49. The van der Waals surface area contributed by atoms with Gasteiger partial charge in [0.25, 0.3) is 5.69 Å². The van der Waals surface area contributed by atoms with Crippen molar-refractivity contribution in [3.05, 3.63) is 56.1 Å². The van der Waals surface area contributed by atoms with Crippen molar-refractivity contribution in [2.75, 3.05) is 0 Å². The Labute approximate surface area is 99.7 Å². The molecule has 0 aliphatic heterocycles. The second-order valence-corrected chi connectivity index (χ2v) is 3.59. The summed E-state index contributed by atoms with van der Waals surface area (Å²) in [7, 11) is 0. The molecule has 0 saturated carbocycles. The van der Waals surface area contributed by atoms with E-state index in [0.717, 1.165) is 0 Å². The minimum Gasteiger partial charge on any atom is -0.493 e. The van der Waals surface area contributed by atoms with E-state index in [2.05, 4.69) is 9.97 Å². The van der Waals surface area contributed by atoms with Gasteiger partial charge in [0.05, 0.1) is 4.92 Å². The molecule has 0 fully saturated rings. The van der Waals surface area contributed by atoms with Gasteiger partial charge in [-0.25, -0.2) is 4.79 Å². The second-order valence-electron chi connectivity index (χ2n) is 3.59. The van der Waals surface area contributed by atoms with Gasteiger partial charge in [-0.1, -0.05) is 0 Å². The van der Waals surface area contributed by atoms with Crippen LogP contribution in [0.15, 0.2) is 29.1 Å². The SMILES string of the molecule is O=c1[nH]c(O)c(C(O)c2ccc([N+](=O)[O-])cc2)[nH]1. The number of non-ortho nitro benzene ring substituents is 1. The van der Waals surface area contributed by atoms with E-state index in [9.17, 15) is 25.1 Å². The Morgan fingerprint density at radius 2 is 1.83 bits per heavy atom. The van der Waals surface area contributed by atoms with Crippen LogP contribution >= 0.6 is 0 Å². The molecule has 94 valence electrons. The van der Waals surface area contributed by atoms with Gasteiger partial charge in [0.1, 0.15) is 11.8 Å². The quantitative estimate of drug-likeness (QED) is 0.463. The Morgan fingerprint density at radius 3 is 2.28 bits per heavy atom. The van der Waals surface area contributed by atoms with E-state index in [4.69, 9.17) is 0 Å². The number of aromatic hydroxyl groups is 1. The number of benzene rings is 1. The Hall–Kier alpha value is -2.61. The third-order valence-electron chi connectivity index (χ3n) is 2.43. The molecule has 1 aromatic heterocycles. The van der Waals surface area contributed by atoms with E-state index in [1.165, 1.54) is 24.3 Å². The van der Waals surface area contributed by atoms with E-state index in [1.54, 1.807) is 0 Å². The number of nitro benzene ring substituents is 1. The van der Waals surface area contributed by atoms with E-state index >= 15 is 0 Å². The third kappa shape index (κ3) is 2.09. The lowest BCUT2D eigenvalue weighted by Crippen LogP contribution is -2.05. The van der Waals surface area contributed by atoms with Crippen LogP contribution in [0.2, 0.25) is 0 Å². The lowest BCUT2D eigenvalue weighted by atomic mass is 10.1. The summed E-state index contributed by atoms with van der Waals surface area (Å²) in [6.07, 6.45) is -1.27. The van der Waals surface area contributed by atoms with Crippen LogP contribution in [0.4, 0.5) is 5.69 Å². The number of aromatic nitrogens is 2. The van der Waals surface area contributed by atoms with E-state index in [1.807, 2.05) is 0 Å². The van der Waals surface area contributed by atoms with Gasteiger partial charge < -0.3 is 15.2 Å². The number of rotatable bonds is 3. The fourth-order valence-corrected chi connectivity index (χ4v) is 1.53. The molecule has 2 aromatic rings. The van der Waals surface area contributed by atoms with Gasteiger partial charge >= 0.3 is 5.69 Å². The zero-order valence-electron chi connectivity index (χ0n) is 8.95. The molecule has 2 rings (SSSR count). The molecule has 8 heteroatoms. The number of aliphatic hydroxyl groups excluding tert-OH is 1. The first kappa shape index (κ1) is 11.9. The maximum atomic E-state index is 10.9. The molecule has 0 radical (unpaired) electrons. The summed E-state index contributed by atoms with van der Waals surface area (Å²) in [6.45, 7) is 0. The molecule has 0 amide bonds. The Balaban J connectivity index is 2.34. The van der Waals surface area contributed by atoms with Crippen LogP contribution in [-0.2, 0) is 0 Å². The zero-order valence-corrected chi connectivity index (χ0v) is 8.95. The Morgan fingerprint density at radius 1 is 1.22 bits per heavy atom. The lowest BCUT2D eigenvalue weighted by molar-refractivity contribution is -0.384. The van der Waals surface area contributed by atoms with Crippen LogP contribution in [0, 0.1) is 10.1 Å². The van der Waals surface area contributed by atoms with Gasteiger partial charge in [-0.05, 0) is 17.7 Å². The van der Waals surface area contributed by atoms with Crippen molar-refractivity contribution in [3.8, 4) is 5.88 Å². The zero-order chi connectivity index (χ0) is 13.3. The van der Waals surface area contributed by atoms with Crippen molar-refractivity contribution in [2.45, 2.75) is 6.10 Å². The van der Waals surface area contributed by atoms with Crippen molar-refractivity contribution < 1.29 is 15.1 Å². The smallest absolute Gasteiger partial charge is 0.326 e. The van der Waals surface area contributed by atoms with Crippen molar-refractivity contribution in [1.29, 1.82) is 0 Å². The maximum Gasteiger partial charge on any atom is 0.326 e.